The molecule has 1 heterocycles. The Labute approximate surface area is 139 Å². The lowest BCUT2D eigenvalue weighted by atomic mass is 10.0. The van der Waals surface area contributed by atoms with Gasteiger partial charge in [-0.15, -0.1) is 0 Å². The number of ether oxygens (including phenoxy) is 1. The predicted molar refractivity (Wildman–Crippen MR) is 92.3 cm³/mol. The normalized spacial score (nSPS) is 10.2. The summed E-state index contributed by atoms with van der Waals surface area (Å²) in [6, 6.07) is 18.0. The number of nitrogens with one attached hydrogen (secondary N) is 1. The highest BCUT2D eigenvalue weighted by molar-refractivity contribution is 6.04. The van der Waals surface area contributed by atoms with E-state index in [4.69, 9.17) is 4.74 Å². The van der Waals surface area contributed by atoms with Crippen LogP contribution in [0.5, 0.6) is 11.5 Å². The van der Waals surface area contributed by atoms with Crippen LogP contribution in [0.2, 0.25) is 0 Å². The Morgan fingerprint density at radius 1 is 0.958 bits per heavy atom. The van der Waals surface area contributed by atoms with E-state index in [1.54, 1.807) is 25.3 Å². The fourth-order valence-corrected chi connectivity index (χ4v) is 2.25. The first-order chi connectivity index (χ1) is 11.7. The number of benzene rings is 2. The van der Waals surface area contributed by atoms with E-state index in [-0.39, 0.29) is 11.7 Å². The van der Waals surface area contributed by atoms with Crippen LogP contribution in [0, 0.1) is 0 Å². The topological polar surface area (TPSA) is 71.5 Å². The molecule has 0 unspecified atom stereocenters. The van der Waals surface area contributed by atoms with Gasteiger partial charge in [0, 0.05) is 5.56 Å². The standard InChI is InChI=1S/C19H16N2O3/c1-24-17-9-6-14(7-10-17)13-2-4-15(5-3-13)19(23)21-18-11-8-16(22)12-20-18/h2-12,22H,1H3,(H,20,21,23). The van der Waals surface area contributed by atoms with Gasteiger partial charge in [0.05, 0.1) is 13.3 Å². The molecule has 3 aromatic rings. The maximum Gasteiger partial charge on any atom is 0.256 e. The van der Waals surface area contributed by atoms with Gasteiger partial charge in [0.15, 0.2) is 0 Å². The molecule has 0 saturated heterocycles. The van der Waals surface area contributed by atoms with E-state index in [2.05, 4.69) is 10.3 Å². The molecule has 0 saturated carbocycles. The van der Waals surface area contributed by atoms with E-state index in [1.807, 2.05) is 36.4 Å². The van der Waals surface area contributed by atoms with Crippen molar-refractivity contribution < 1.29 is 14.6 Å². The highest BCUT2D eigenvalue weighted by atomic mass is 16.5. The zero-order valence-corrected chi connectivity index (χ0v) is 13.1. The summed E-state index contributed by atoms with van der Waals surface area (Å²) in [6.45, 7) is 0. The van der Waals surface area contributed by atoms with E-state index in [1.165, 1.54) is 12.3 Å². The van der Waals surface area contributed by atoms with Gasteiger partial charge in [-0.1, -0.05) is 24.3 Å². The Balaban J connectivity index is 1.73. The number of hydrogen-bond donors (Lipinski definition) is 2. The fraction of sp³-hybridized carbons (Fsp3) is 0.0526. The van der Waals surface area contributed by atoms with Gasteiger partial charge >= 0.3 is 0 Å². The zero-order chi connectivity index (χ0) is 16.9. The largest absolute Gasteiger partial charge is 0.506 e. The first kappa shape index (κ1) is 15.6. The van der Waals surface area contributed by atoms with Crippen LogP contribution in [0.25, 0.3) is 11.1 Å². The molecule has 24 heavy (non-hydrogen) atoms. The zero-order valence-electron chi connectivity index (χ0n) is 13.1. The van der Waals surface area contributed by atoms with Crippen LogP contribution >= 0.6 is 0 Å². The van der Waals surface area contributed by atoms with Crippen molar-refractivity contribution in [3.8, 4) is 22.6 Å². The summed E-state index contributed by atoms with van der Waals surface area (Å²) in [4.78, 5) is 16.1. The molecule has 1 amide bonds. The number of pyridine rings is 1. The number of carbonyl (C=O) groups is 1. The number of hydrogen-bond acceptors (Lipinski definition) is 4. The van der Waals surface area contributed by atoms with Crippen molar-refractivity contribution in [2.24, 2.45) is 0 Å². The summed E-state index contributed by atoms with van der Waals surface area (Å²) in [5, 5.41) is 11.9. The number of nitrogens with zero attached hydrogens (tertiary/aromatic N) is 1. The number of aromatic nitrogens is 1. The first-order valence-corrected chi connectivity index (χ1v) is 7.36. The Morgan fingerprint density at radius 2 is 1.58 bits per heavy atom. The van der Waals surface area contributed by atoms with Crippen LogP contribution in [0.4, 0.5) is 5.82 Å². The maximum atomic E-state index is 12.2. The van der Waals surface area contributed by atoms with Crippen molar-refractivity contribution in [3.05, 3.63) is 72.4 Å². The van der Waals surface area contributed by atoms with Gasteiger partial charge in [-0.25, -0.2) is 4.98 Å². The van der Waals surface area contributed by atoms with Crippen LogP contribution < -0.4 is 10.1 Å². The molecule has 2 N–H and O–H groups in total. The average molecular weight is 320 g/mol. The molecule has 0 radical (unpaired) electrons. The third-order valence-corrected chi connectivity index (χ3v) is 3.56. The van der Waals surface area contributed by atoms with E-state index in [0.29, 0.717) is 11.4 Å². The smallest absolute Gasteiger partial charge is 0.256 e. The van der Waals surface area contributed by atoms with E-state index in [0.717, 1.165) is 16.9 Å². The minimum atomic E-state index is -0.255. The Kier molecular flexibility index (Phi) is 4.43. The quantitative estimate of drug-likeness (QED) is 0.768. The highest BCUT2D eigenvalue weighted by Gasteiger charge is 2.07. The number of rotatable bonds is 4. The molecule has 0 fully saturated rings. The minimum Gasteiger partial charge on any atom is -0.506 e. The van der Waals surface area contributed by atoms with Gasteiger partial charge in [-0.3, -0.25) is 4.79 Å². The molecular weight excluding hydrogens is 304 g/mol. The number of methoxy groups -OCH3 is 1. The van der Waals surface area contributed by atoms with Crippen molar-refractivity contribution >= 4 is 11.7 Å². The van der Waals surface area contributed by atoms with Crippen LogP contribution in [-0.2, 0) is 0 Å². The molecule has 0 aliphatic heterocycles. The maximum absolute atomic E-state index is 12.2. The molecule has 2 aromatic carbocycles. The van der Waals surface area contributed by atoms with Gasteiger partial charge in [0.25, 0.3) is 5.91 Å². The minimum absolute atomic E-state index is 0.0526. The second-order valence-electron chi connectivity index (χ2n) is 5.16. The lowest BCUT2D eigenvalue weighted by Crippen LogP contribution is -2.12. The summed E-state index contributed by atoms with van der Waals surface area (Å²) >= 11 is 0. The molecule has 3 rings (SSSR count). The molecule has 5 heteroatoms. The van der Waals surface area contributed by atoms with E-state index >= 15 is 0 Å². The molecule has 5 nitrogen and oxygen atoms in total. The van der Waals surface area contributed by atoms with Crippen molar-refractivity contribution in [1.82, 2.24) is 4.98 Å². The molecule has 0 atom stereocenters. The molecule has 0 aliphatic rings. The Hall–Kier alpha value is -3.34. The lowest BCUT2D eigenvalue weighted by molar-refractivity contribution is 0.102. The van der Waals surface area contributed by atoms with Crippen LogP contribution in [0.1, 0.15) is 10.4 Å². The first-order valence-electron chi connectivity index (χ1n) is 7.36. The molecule has 0 aliphatic carbocycles. The monoisotopic (exact) mass is 320 g/mol. The highest BCUT2D eigenvalue weighted by Crippen LogP contribution is 2.23. The van der Waals surface area contributed by atoms with Gasteiger partial charge < -0.3 is 15.2 Å². The summed E-state index contributed by atoms with van der Waals surface area (Å²) in [7, 11) is 1.63. The second-order valence-corrected chi connectivity index (χ2v) is 5.16. The molecule has 0 bridgehead atoms. The molecular formula is C19H16N2O3. The summed E-state index contributed by atoms with van der Waals surface area (Å²) < 4.78 is 5.15. The predicted octanol–water partition coefficient (Wildman–Crippen LogP) is 3.72. The van der Waals surface area contributed by atoms with E-state index < -0.39 is 0 Å². The van der Waals surface area contributed by atoms with E-state index in [9.17, 15) is 9.90 Å². The van der Waals surface area contributed by atoms with Crippen LogP contribution in [0.15, 0.2) is 66.9 Å². The Morgan fingerprint density at radius 3 is 2.12 bits per heavy atom. The Bertz CT molecular complexity index is 826. The van der Waals surface area contributed by atoms with Gasteiger partial charge in [-0.2, -0.15) is 0 Å². The van der Waals surface area contributed by atoms with Crippen LogP contribution in [-0.4, -0.2) is 23.1 Å². The summed E-state index contributed by atoms with van der Waals surface area (Å²) in [5.41, 5.74) is 2.59. The second kappa shape index (κ2) is 6.83. The van der Waals surface area contributed by atoms with Crippen molar-refractivity contribution in [2.75, 3.05) is 12.4 Å². The van der Waals surface area contributed by atoms with Crippen molar-refractivity contribution in [2.45, 2.75) is 0 Å². The third-order valence-electron chi connectivity index (χ3n) is 3.56. The summed E-state index contributed by atoms with van der Waals surface area (Å²) in [5.74, 6) is 0.986. The SMILES string of the molecule is COc1ccc(-c2ccc(C(=O)Nc3ccc(O)cn3)cc2)cc1. The number of carbonyl (C=O) groups excluding carboxylic acids is 1. The number of amides is 1. The summed E-state index contributed by atoms with van der Waals surface area (Å²) in [6.07, 6.45) is 1.28. The molecule has 0 spiro atoms. The molecule has 1 aromatic heterocycles. The van der Waals surface area contributed by atoms with Gasteiger partial charge in [0.2, 0.25) is 0 Å². The van der Waals surface area contributed by atoms with Crippen molar-refractivity contribution in [1.29, 1.82) is 0 Å². The van der Waals surface area contributed by atoms with Gasteiger partial charge in [0.1, 0.15) is 17.3 Å². The van der Waals surface area contributed by atoms with Crippen molar-refractivity contribution in [3.63, 3.8) is 0 Å². The third kappa shape index (κ3) is 3.52. The van der Waals surface area contributed by atoms with Crippen LogP contribution in [0.3, 0.4) is 0 Å². The number of aromatic hydroxyl groups is 1. The fourth-order valence-electron chi connectivity index (χ4n) is 2.25. The molecule has 120 valence electrons. The average Bonchev–Trinajstić information content (AvgIpc) is 2.64. The van der Waals surface area contributed by atoms with Gasteiger partial charge in [-0.05, 0) is 47.5 Å². The lowest BCUT2D eigenvalue weighted by Gasteiger charge is -2.07. The number of anilines is 1.